The van der Waals surface area contributed by atoms with Crippen molar-refractivity contribution in [2.45, 2.75) is 25.7 Å². The van der Waals surface area contributed by atoms with Crippen LogP contribution in [-0.4, -0.2) is 49.6 Å². The number of hydrogen-bond acceptors (Lipinski definition) is 4. The number of carbonyl (C=O) groups is 1. The third-order valence-corrected chi connectivity index (χ3v) is 3.43. The molecule has 0 spiro atoms. The summed E-state index contributed by atoms with van der Waals surface area (Å²) < 4.78 is 5.66. The maximum absolute atomic E-state index is 11.7. The number of hydrogen-bond donors (Lipinski definition) is 1. The number of rotatable bonds is 6. The Labute approximate surface area is 120 Å². The van der Waals surface area contributed by atoms with Crippen molar-refractivity contribution in [2.24, 2.45) is 0 Å². The van der Waals surface area contributed by atoms with Gasteiger partial charge in [0.2, 0.25) is 0 Å². The molecule has 0 fully saturated rings. The predicted molar refractivity (Wildman–Crippen MR) is 77.9 cm³/mol. The van der Waals surface area contributed by atoms with E-state index >= 15 is 0 Å². The van der Waals surface area contributed by atoms with Crippen LogP contribution >= 0.6 is 0 Å². The van der Waals surface area contributed by atoms with E-state index in [2.05, 4.69) is 10.3 Å². The van der Waals surface area contributed by atoms with E-state index in [1.54, 1.807) is 6.20 Å². The molecule has 0 saturated carbocycles. The van der Waals surface area contributed by atoms with E-state index < -0.39 is 0 Å². The van der Waals surface area contributed by atoms with Gasteiger partial charge in [0.05, 0.1) is 0 Å². The molecule has 0 bridgehead atoms. The first kappa shape index (κ1) is 14.8. The van der Waals surface area contributed by atoms with Crippen LogP contribution in [0.25, 0.3) is 0 Å². The summed E-state index contributed by atoms with van der Waals surface area (Å²) in [6.07, 6.45) is 6.14. The average Bonchev–Trinajstić information content (AvgIpc) is 2.44. The molecule has 1 N–H and O–H groups in total. The Bertz CT molecular complexity index is 460. The van der Waals surface area contributed by atoms with Gasteiger partial charge >= 0.3 is 0 Å². The van der Waals surface area contributed by atoms with Crippen LogP contribution in [0.3, 0.4) is 0 Å². The summed E-state index contributed by atoms with van der Waals surface area (Å²) in [6, 6.07) is 1.86. The zero-order valence-corrected chi connectivity index (χ0v) is 12.3. The molecule has 5 nitrogen and oxygen atoms in total. The number of nitrogens with zero attached hydrogens (tertiary/aromatic N) is 2. The van der Waals surface area contributed by atoms with E-state index in [0.29, 0.717) is 6.54 Å². The molecule has 1 aliphatic rings. The topological polar surface area (TPSA) is 54.5 Å². The van der Waals surface area contributed by atoms with Gasteiger partial charge in [0.15, 0.2) is 6.61 Å². The van der Waals surface area contributed by atoms with Gasteiger partial charge in [0.1, 0.15) is 5.75 Å². The molecule has 0 radical (unpaired) electrons. The molecule has 2 rings (SSSR count). The van der Waals surface area contributed by atoms with Crippen LogP contribution < -0.4 is 10.1 Å². The van der Waals surface area contributed by atoms with Crippen LogP contribution in [0.4, 0.5) is 0 Å². The second-order valence-electron chi connectivity index (χ2n) is 5.38. The van der Waals surface area contributed by atoms with Crippen molar-refractivity contribution in [1.29, 1.82) is 0 Å². The first-order valence-corrected chi connectivity index (χ1v) is 7.18. The van der Waals surface area contributed by atoms with Crippen LogP contribution in [0, 0.1) is 0 Å². The third kappa shape index (κ3) is 4.20. The van der Waals surface area contributed by atoms with Gasteiger partial charge in [-0.15, -0.1) is 0 Å². The van der Waals surface area contributed by atoms with E-state index in [0.717, 1.165) is 30.8 Å². The number of pyridine rings is 1. The highest BCUT2D eigenvalue weighted by Crippen LogP contribution is 2.27. The van der Waals surface area contributed by atoms with Gasteiger partial charge in [0.25, 0.3) is 5.91 Å². The highest BCUT2D eigenvalue weighted by Gasteiger charge is 2.15. The Morgan fingerprint density at radius 1 is 1.40 bits per heavy atom. The van der Waals surface area contributed by atoms with Gasteiger partial charge in [-0.1, -0.05) is 0 Å². The summed E-state index contributed by atoms with van der Waals surface area (Å²) in [5.41, 5.74) is 2.31. The average molecular weight is 277 g/mol. The molecule has 1 amide bonds. The Morgan fingerprint density at radius 2 is 2.20 bits per heavy atom. The quantitative estimate of drug-likeness (QED) is 0.843. The van der Waals surface area contributed by atoms with Crippen molar-refractivity contribution in [2.75, 3.05) is 33.8 Å². The molecule has 0 atom stereocenters. The first-order chi connectivity index (χ1) is 9.66. The van der Waals surface area contributed by atoms with Crippen molar-refractivity contribution in [3.63, 3.8) is 0 Å². The lowest BCUT2D eigenvalue weighted by molar-refractivity contribution is -0.123. The fraction of sp³-hybridized carbons (Fsp3) is 0.600. The molecule has 1 aliphatic carbocycles. The normalized spacial score (nSPS) is 13.9. The monoisotopic (exact) mass is 277 g/mol. The number of aryl methyl sites for hydroxylation is 1. The molecular formula is C15H23N3O2. The molecule has 0 aromatic carbocycles. The zero-order chi connectivity index (χ0) is 14.4. The van der Waals surface area contributed by atoms with Gasteiger partial charge in [-0.3, -0.25) is 9.78 Å². The Balaban J connectivity index is 1.83. The van der Waals surface area contributed by atoms with Crippen LogP contribution in [0.1, 0.15) is 24.1 Å². The van der Waals surface area contributed by atoms with Crippen molar-refractivity contribution in [3.05, 3.63) is 23.5 Å². The molecular weight excluding hydrogens is 254 g/mol. The number of fused-ring (bicyclic) bond motifs is 1. The lowest BCUT2D eigenvalue weighted by Gasteiger charge is -2.18. The molecule has 0 saturated heterocycles. The molecule has 20 heavy (non-hydrogen) atoms. The summed E-state index contributed by atoms with van der Waals surface area (Å²) in [5, 5.41) is 2.84. The first-order valence-electron chi connectivity index (χ1n) is 7.18. The third-order valence-electron chi connectivity index (χ3n) is 3.43. The number of carbonyl (C=O) groups excluding carboxylic acids is 1. The molecule has 1 aromatic heterocycles. The van der Waals surface area contributed by atoms with Gasteiger partial charge < -0.3 is 15.0 Å². The van der Waals surface area contributed by atoms with E-state index in [1.807, 2.05) is 25.1 Å². The van der Waals surface area contributed by atoms with E-state index in [9.17, 15) is 4.79 Å². The van der Waals surface area contributed by atoms with Crippen LogP contribution in [0.2, 0.25) is 0 Å². The summed E-state index contributed by atoms with van der Waals surface area (Å²) in [4.78, 5) is 18.1. The highest BCUT2D eigenvalue weighted by molar-refractivity contribution is 5.77. The Morgan fingerprint density at radius 3 is 3.00 bits per heavy atom. The standard InChI is InChI=1S/C15H23N3O2/c1-18(2)10-9-17-15(19)11-20-14-7-8-16-13-6-4-3-5-12(13)14/h7-8H,3-6,9-11H2,1-2H3,(H,17,19). The number of amides is 1. The number of likely N-dealkylation sites (N-methyl/N-ethyl adjacent to an activating group) is 1. The van der Waals surface area contributed by atoms with Gasteiger partial charge in [-0.05, 0) is 45.8 Å². The molecule has 1 aromatic rings. The fourth-order valence-corrected chi connectivity index (χ4v) is 2.34. The second kappa shape index (κ2) is 7.24. The minimum atomic E-state index is -0.0757. The van der Waals surface area contributed by atoms with Crippen molar-refractivity contribution in [3.8, 4) is 5.75 Å². The lowest BCUT2D eigenvalue weighted by atomic mass is 9.95. The smallest absolute Gasteiger partial charge is 0.257 e. The second-order valence-corrected chi connectivity index (χ2v) is 5.38. The van der Waals surface area contributed by atoms with E-state index in [1.165, 1.54) is 18.4 Å². The van der Waals surface area contributed by atoms with E-state index in [4.69, 9.17) is 4.74 Å². The predicted octanol–water partition coefficient (Wildman–Crippen LogP) is 1.02. The maximum atomic E-state index is 11.7. The number of ether oxygens (including phenoxy) is 1. The number of nitrogens with one attached hydrogen (secondary N) is 1. The van der Waals surface area contributed by atoms with Gasteiger partial charge in [-0.25, -0.2) is 0 Å². The minimum absolute atomic E-state index is 0.0733. The van der Waals surface area contributed by atoms with E-state index in [-0.39, 0.29) is 12.5 Å². The van der Waals surface area contributed by atoms with Crippen LogP contribution in [-0.2, 0) is 17.6 Å². The summed E-state index contributed by atoms with van der Waals surface area (Å²) >= 11 is 0. The minimum Gasteiger partial charge on any atom is -0.483 e. The molecule has 0 aliphatic heterocycles. The van der Waals surface area contributed by atoms with Crippen molar-refractivity contribution >= 4 is 5.91 Å². The summed E-state index contributed by atoms with van der Waals surface area (Å²) in [7, 11) is 3.96. The Hall–Kier alpha value is -1.62. The highest BCUT2D eigenvalue weighted by atomic mass is 16.5. The SMILES string of the molecule is CN(C)CCNC(=O)COc1ccnc2c1CCCC2. The lowest BCUT2D eigenvalue weighted by Crippen LogP contribution is -2.34. The van der Waals surface area contributed by atoms with Crippen molar-refractivity contribution in [1.82, 2.24) is 15.2 Å². The zero-order valence-electron chi connectivity index (χ0n) is 12.3. The maximum Gasteiger partial charge on any atom is 0.257 e. The van der Waals surface area contributed by atoms with Crippen LogP contribution in [0.5, 0.6) is 5.75 Å². The molecule has 110 valence electrons. The molecule has 0 unspecified atom stereocenters. The molecule has 5 heteroatoms. The number of aromatic nitrogens is 1. The summed E-state index contributed by atoms with van der Waals surface area (Å²) in [5.74, 6) is 0.741. The Kier molecular flexibility index (Phi) is 5.35. The van der Waals surface area contributed by atoms with Gasteiger partial charge in [-0.2, -0.15) is 0 Å². The van der Waals surface area contributed by atoms with Crippen LogP contribution in [0.15, 0.2) is 12.3 Å². The summed E-state index contributed by atoms with van der Waals surface area (Å²) in [6.45, 7) is 1.55. The van der Waals surface area contributed by atoms with Gasteiger partial charge in [0, 0.05) is 30.5 Å². The molecule has 1 heterocycles. The fourth-order valence-electron chi connectivity index (χ4n) is 2.34. The largest absolute Gasteiger partial charge is 0.483 e. The van der Waals surface area contributed by atoms with Crippen molar-refractivity contribution < 1.29 is 9.53 Å².